The van der Waals surface area contributed by atoms with Gasteiger partial charge in [0.05, 0.1) is 11.8 Å². The van der Waals surface area contributed by atoms with Crippen molar-refractivity contribution in [3.05, 3.63) is 17.3 Å². The Kier molecular flexibility index (Phi) is 3.90. The molecule has 2 unspecified atom stereocenters. The quantitative estimate of drug-likeness (QED) is 0.596. The molecule has 1 aromatic rings. The molecule has 6 heteroatoms. The molecular weight excluding hydrogens is 262 g/mol. The van der Waals surface area contributed by atoms with Crippen molar-refractivity contribution >= 4 is 27.4 Å². The lowest BCUT2D eigenvalue weighted by atomic mass is 10.0. The molecule has 0 aliphatic heterocycles. The molecular formula is C9H14BrN3O2. The highest BCUT2D eigenvalue weighted by molar-refractivity contribution is 9.09. The zero-order valence-electron chi connectivity index (χ0n) is 8.31. The molecule has 1 heterocycles. The third kappa shape index (κ3) is 2.39. The van der Waals surface area contributed by atoms with E-state index in [2.05, 4.69) is 20.9 Å². The van der Waals surface area contributed by atoms with E-state index in [0.29, 0.717) is 16.8 Å². The molecule has 2 atom stereocenters. The molecule has 0 aromatic carbocycles. The number of hydrogen-bond donors (Lipinski definition) is 4. The average molecular weight is 276 g/mol. The minimum absolute atomic E-state index is 0.233. The summed E-state index contributed by atoms with van der Waals surface area (Å²) >= 11 is 3.08. The maximum Gasteiger partial charge on any atom is 0.146 e. The van der Waals surface area contributed by atoms with Gasteiger partial charge in [-0.25, -0.2) is 4.98 Å². The largest absolute Gasteiger partial charge is 0.396 e. The molecule has 0 radical (unpaired) electrons. The second-order valence-corrected chi connectivity index (χ2v) is 3.95. The lowest BCUT2D eigenvalue weighted by molar-refractivity contribution is 0.0337. The van der Waals surface area contributed by atoms with Crippen molar-refractivity contribution in [2.24, 2.45) is 0 Å². The first kappa shape index (κ1) is 12.2. The molecule has 0 saturated carbocycles. The van der Waals surface area contributed by atoms with Crippen LogP contribution >= 0.6 is 15.9 Å². The van der Waals surface area contributed by atoms with Gasteiger partial charge in [-0.05, 0) is 12.5 Å². The van der Waals surface area contributed by atoms with Crippen LogP contribution in [0.5, 0.6) is 0 Å². The van der Waals surface area contributed by atoms with E-state index in [9.17, 15) is 10.2 Å². The van der Waals surface area contributed by atoms with Crippen LogP contribution in [0.4, 0.5) is 11.5 Å². The topological polar surface area (TPSA) is 105 Å². The summed E-state index contributed by atoms with van der Waals surface area (Å²) < 4.78 is 0. The first-order valence-corrected chi connectivity index (χ1v) is 5.53. The second-order valence-electron chi connectivity index (χ2n) is 3.30. The van der Waals surface area contributed by atoms with E-state index in [1.165, 1.54) is 6.20 Å². The van der Waals surface area contributed by atoms with Crippen molar-refractivity contribution in [3.63, 3.8) is 0 Å². The van der Waals surface area contributed by atoms with E-state index >= 15 is 0 Å². The fourth-order valence-corrected chi connectivity index (χ4v) is 1.60. The van der Waals surface area contributed by atoms with Gasteiger partial charge in [-0.3, -0.25) is 0 Å². The summed E-state index contributed by atoms with van der Waals surface area (Å²) in [6, 6.07) is 0. The molecule has 1 rings (SSSR count). The van der Waals surface area contributed by atoms with Gasteiger partial charge in [0.1, 0.15) is 11.9 Å². The number of anilines is 2. The van der Waals surface area contributed by atoms with Gasteiger partial charge in [-0.15, -0.1) is 0 Å². The zero-order chi connectivity index (χ0) is 11.6. The van der Waals surface area contributed by atoms with Gasteiger partial charge in [-0.2, -0.15) is 0 Å². The smallest absolute Gasteiger partial charge is 0.146 e. The standard InChI is InChI=1S/C9H14BrN3O2/c1-4-5(8(15)6(14)2-10)3-13-9(12)7(4)11/h3,6,8,14-15H,2,11H2,1H3,(H2,12,13). The van der Waals surface area contributed by atoms with Crippen molar-refractivity contribution in [2.75, 3.05) is 16.8 Å². The number of aromatic nitrogens is 1. The molecule has 15 heavy (non-hydrogen) atoms. The molecule has 0 fully saturated rings. The number of pyridine rings is 1. The van der Waals surface area contributed by atoms with Gasteiger partial charge >= 0.3 is 0 Å². The minimum atomic E-state index is -1.01. The molecule has 0 amide bonds. The van der Waals surface area contributed by atoms with Gasteiger partial charge in [0.2, 0.25) is 0 Å². The minimum Gasteiger partial charge on any atom is -0.396 e. The Morgan fingerprint density at radius 2 is 2.07 bits per heavy atom. The predicted molar refractivity (Wildman–Crippen MR) is 62.6 cm³/mol. The first-order valence-electron chi connectivity index (χ1n) is 4.41. The van der Waals surface area contributed by atoms with E-state index in [0.717, 1.165) is 0 Å². The number of nitrogen functional groups attached to an aromatic ring is 2. The molecule has 6 N–H and O–H groups in total. The SMILES string of the molecule is Cc1c(C(O)C(O)CBr)cnc(N)c1N. The van der Waals surface area contributed by atoms with E-state index < -0.39 is 12.2 Å². The van der Waals surface area contributed by atoms with Gasteiger partial charge < -0.3 is 21.7 Å². The molecule has 0 bridgehead atoms. The molecule has 1 aromatic heterocycles. The number of aliphatic hydroxyl groups excluding tert-OH is 2. The lowest BCUT2D eigenvalue weighted by Gasteiger charge is -2.18. The Morgan fingerprint density at radius 1 is 1.47 bits per heavy atom. The summed E-state index contributed by atoms with van der Waals surface area (Å²) in [5.41, 5.74) is 12.7. The van der Waals surface area contributed by atoms with Crippen LogP contribution in [-0.4, -0.2) is 26.6 Å². The summed E-state index contributed by atoms with van der Waals surface area (Å²) in [4.78, 5) is 3.84. The van der Waals surface area contributed by atoms with E-state index in [-0.39, 0.29) is 11.1 Å². The summed E-state index contributed by atoms with van der Waals surface area (Å²) in [6.07, 6.45) is -0.481. The number of alkyl halides is 1. The number of hydrogen-bond acceptors (Lipinski definition) is 5. The van der Waals surface area contributed by atoms with Crippen molar-refractivity contribution in [1.82, 2.24) is 4.98 Å². The van der Waals surface area contributed by atoms with E-state index in [4.69, 9.17) is 11.5 Å². The summed E-state index contributed by atoms with van der Waals surface area (Å²) in [5, 5.41) is 19.5. The highest BCUT2D eigenvalue weighted by Crippen LogP contribution is 2.27. The third-order valence-corrected chi connectivity index (χ3v) is 2.96. The van der Waals surface area contributed by atoms with Crippen LogP contribution in [0.1, 0.15) is 17.2 Å². The third-order valence-electron chi connectivity index (χ3n) is 2.30. The van der Waals surface area contributed by atoms with Crippen LogP contribution in [0, 0.1) is 6.92 Å². The number of halogens is 1. The van der Waals surface area contributed by atoms with Crippen molar-refractivity contribution < 1.29 is 10.2 Å². The Balaban J connectivity index is 3.10. The molecule has 84 valence electrons. The van der Waals surface area contributed by atoms with Gasteiger partial charge in [0, 0.05) is 17.1 Å². The van der Waals surface area contributed by atoms with Crippen LogP contribution in [0.15, 0.2) is 6.20 Å². The molecule has 0 saturated heterocycles. The Labute approximate surface area is 96.2 Å². The van der Waals surface area contributed by atoms with E-state index in [1.807, 2.05) is 0 Å². The Hall–Kier alpha value is -0.850. The summed E-state index contributed by atoms with van der Waals surface area (Å²) in [5.74, 6) is 0.233. The molecule has 0 aliphatic carbocycles. The fraction of sp³-hybridized carbons (Fsp3) is 0.444. The number of rotatable bonds is 3. The molecule has 0 aliphatic rings. The van der Waals surface area contributed by atoms with Crippen LogP contribution < -0.4 is 11.5 Å². The number of nitrogens with zero attached hydrogens (tertiary/aromatic N) is 1. The average Bonchev–Trinajstić information content (AvgIpc) is 2.24. The van der Waals surface area contributed by atoms with Crippen molar-refractivity contribution in [1.29, 1.82) is 0 Å². The second kappa shape index (κ2) is 4.78. The van der Waals surface area contributed by atoms with Crippen LogP contribution in [0.3, 0.4) is 0 Å². The van der Waals surface area contributed by atoms with Gasteiger partial charge in [0.15, 0.2) is 0 Å². The van der Waals surface area contributed by atoms with Crippen LogP contribution in [0.2, 0.25) is 0 Å². The summed E-state index contributed by atoms with van der Waals surface area (Å²) in [6.45, 7) is 1.73. The highest BCUT2D eigenvalue weighted by atomic mass is 79.9. The van der Waals surface area contributed by atoms with Gasteiger partial charge in [0.25, 0.3) is 0 Å². The van der Waals surface area contributed by atoms with Crippen molar-refractivity contribution in [2.45, 2.75) is 19.1 Å². The molecule has 0 spiro atoms. The molecule has 5 nitrogen and oxygen atoms in total. The van der Waals surface area contributed by atoms with Crippen LogP contribution in [-0.2, 0) is 0 Å². The Bertz CT molecular complexity index is 359. The number of aliphatic hydroxyl groups is 2. The van der Waals surface area contributed by atoms with E-state index in [1.54, 1.807) is 6.92 Å². The van der Waals surface area contributed by atoms with Crippen LogP contribution in [0.25, 0.3) is 0 Å². The predicted octanol–water partition coefficient (Wildman–Crippen LogP) is 0.344. The fourth-order valence-electron chi connectivity index (χ4n) is 1.24. The normalized spacial score (nSPS) is 14.9. The maximum absolute atomic E-state index is 9.77. The highest BCUT2D eigenvalue weighted by Gasteiger charge is 2.20. The maximum atomic E-state index is 9.77. The van der Waals surface area contributed by atoms with Crippen molar-refractivity contribution in [3.8, 4) is 0 Å². The first-order chi connectivity index (χ1) is 6.99. The lowest BCUT2D eigenvalue weighted by Crippen LogP contribution is -2.21. The zero-order valence-corrected chi connectivity index (χ0v) is 9.90. The summed E-state index contributed by atoms with van der Waals surface area (Å²) in [7, 11) is 0. The Morgan fingerprint density at radius 3 is 2.60 bits per heavy atom. The van der Waals surface area contributed by atoms with Gasteiger partial charge in [-0.1, -0.05) is 15.9 Å². The monoisotopic (exact) mass is 275 g/mol. The number of nitrogens with two attached hydrogens (primary N) is 2.